The van der Waals surface area contributed by atoms with Crippen LogP contribution in [-0.4, -0.2) is 23.9 Å². The Morgan fingerprint density at radius 2 is 2.00 bits per heavy atom. The second-order valence-corrected chi connectivity index (χ2v) is 5.46. The molecule has 1 rings (SSSR count). The molecule has 0 saturated carbocycles. The Morgan fingerprint density at radius 3 is 2.61 bits per heavy atom. The van der Waals surface area contributed by atoms with Crippen molar-refractivity contribution in [1.82, 2.24) is 0 Å². The summed E-state index contributed by atoms with van der Waals surface area (Å²) in [5, 5.41) is 9.06. The largest absolute Gasteiger partial charge is 0.493 e. The minimum atomic E-state index is -0.499. The Morgan fingerprint density at radius 1 is 1.33 bits per heavy atom. The van der Waals surface area contributed by atoms with Gasteiger partial charge in [0.05, 0.1) is 13.2 Å². The molecule has 1 aromatic carbocycles. The Balaban J connectivity index is 2.45. The van der Waals surface area contributed by atoms with Crippen LogP contribution in [-0.2, 0) is 0 Å². The van der Waals surface area contributed by atoms with E-state index in [9.17, 15) is 0 Å². The van der Waals surface area contributed by atoms with Crippen molar-refractivity contribution in [1.29, 1.82) is 0 Å². The van der Waals surface area contributed by atoms with E-state index in [4.69, 9.17) is 15.6 Å². The average molecular weight is 251 g/mol. The fourth-order valence-corrected chi connectivity index (χ4v) is 1.83. The molecule has 0 amide bonds. The molecule has 18 heavy (non-hydrogen) atoms. The van der Waals surface area contributed by atoms with Gasteiger partial charge in [-0.25, -0.2) is 0 Å². The fraction of sp³-hybridized carbons (Fsp3) is 0.600. The van der Waals surface area contributed by atoms with E-state index in [1.165, 1.54) is 5.56 Å². The van der Waals surface area contributed by atoms with Crippen molar-refractivity contribution in [3.05, 3.63) is 29.8 Å². The molecule has 1 aromatic rings. The Hall–Kier alpha value is -1.06. The maximum atomic E-state index is 9.06. The predicted molar refractivity (Wildman–Crippen MR) is 74.9 cm³/mol. The highest BCUT2D eigenvalue weighted by molar-refractivity contribution is 5.35. The van der Waals surface area contributed by atoms with E-state index in [1.807, 2.05) is 25.1 Å². The molecule has 3 nitrogen and oxygen atoms in total. The van der Waals surface area contributed by atoms with Gasteiger partial charge in [-0.15, -0.1) is 0 Å². The van der Waals surface area contributed by atoms with Gasteiger partial charge in [-0.2, -0.15) is 0 Å². The first kappa shape index (κ1) is 15.0. The van der Waals surface area contributed by atoms with Crippen LogP contribution in [0, 0.1) is 0 Å². The summed E-state index contributed by atoms with van der Waals surface area (Å²) in [4.78, 5) is 0. The summed E-state index contributed by atoms with van der Waals surface area (Å²) >= 11 is 0. The standard InChI is InChI=1S/C15H25NO2/c1-12(2)13-7-4-5-8-14(13)18-10-6-9-15(3,16)11-17/h4-5,7-8,12,17H,6,9-11,16H2,1-3H3. The highest BCUT2D eigenvalue weighted by atomic mass is 16.5. The SMILES string of the molecule is CC(C)c1ccccc1OCCCC(C)(N)CO. The van der Waals surface area contributed by atoms with Gasteiger partial charge in [0.2, 0.25) is 0 Å². The van der Waals surface area contributed by atoms with Crippen LogP contribution in [0.5, 0.6) is 5.75 Å². The first-order valence-corrected chi connectivity index (χ1v) is 6.58. The molecule has 0 aliphatic heterocycles. The van der Waals surface area contributed by atoms with Gasteiger partial charge in [-0.3, -0.25) is 0 Å². The summed E-state index contributed by atoms with van der Waals surface area (Å²) in [7, 11) is 0. The fourth-order valence-electron chi connectivity index (χ4n) is 1.83. The van der Waals surface area contributed by atoms with Crippen molar-refractivity contribution < 1.29 is 9.84 Å². The number of aliphatic hydroxyl groups excluding tert-OH is 1. The van der Waals surface area contributed by atoms with Crippen molar-refractivity contribution in [3.8, 4) is 5.75 Å². The van der Waals surface area contributed by atoms with Gasteiger partial charge in [0.25, 0.3) is 0 Å². The molecular formula is C15H25NO2. The molecule has 0 aliphatic carbocycles. The molecule has 0 heterocycles. The number of aliphatic hydroxyl groups is 1. The van der Waals surface area contributed by atoms with Crippen LogP contribution >= 0.6 is 0 Å². The first-order valence-electron chi connectivity index (χ1n) is 6.58. The third-order valence-electron chi connectivity index (χ3n) is 3.05. The molecule has 0 fully saturated rings. The average Bonchev–Trinajstić information content (AvgIpc) is 2.35. The number of rotatable bonds is 7. The third-order valence-corrected chi connectivity index (χ3v) is 3.05. The lowest BCUT2D eigenvalue weighted by Crippen LogP contribution is -2.40. The van der Waals surface area contributed by atoms with Crippen LogP contribution in [0.1, 0.15) is 45.1 Å². The van der Waals surface area contributed by atoms with Crippen LogP contribution in [0.15, 0.2) is 24.3 Å². The zero-order valence-corrected chi connectivity index (χ0v) is 11.6. The molecular weight excluding hydrogens is 226 g/mol. The van der Waals surface area contributed by atoms with Crippen molar-refractivity contribution in [2.24, 2.45) is 5.73 Å². The lowest BCUT2D eigenvalue weighted by atomic mass is 9.99. The van der Waals surface area contributed by atoms with Gasteiger partial charge < -0.3 is 15.6 Å². The van der Waals surface area contributed by atoms with Crippen molar-refractivity contribution in [2.45, 2.75) is 45.1 Å². The summed E-state index contributed by atoms with van der Waals surface area (Å²) in [6.45, 7) is 6.82. The Kier molecular flexibility index (Phi) is 5.63. The van der Waals surface area contributed by atoms with Gasteiger partial charge >= 0.3 is 0 Å². The molecule has 0 saturated heterocycles. The van der Waals surface area contributed by atoms with Gasteiger partial charge in [0, 0.05) is 5.54 Å². The van der Waals surface area contributed by atoms with E-state index in [1.54, 1.807) is 0 Å². The monoisotopic (exact) mass is 251 g/mol. The van der Waals surface area contributed by atoms with E-state index in [2.05, 4.69) is 19.9 Å². The molecule has 3 N–H and O–H groups in total. The third kappa shape index (κ3) is 4.67. The Bertz CT molecular complexity index is 361. The minimum absolute atomic E-state index is 0.00951. The number of nitrogens with two attached hydrogens (primary N) is 1. The van der Waals surface area contributed by atoms with Crippen molar-refractivity contribution >= 4 is 0 Å². The second-order valence-electron chi connectivity index (χ2n) is 5.46. The molecule has 1 unspecified atom stereocenters. The molecule has 0 aromatic heterocycles. The van der Waals surface area contributed by atoms with Crippen molar-refractivity contribution in [2.75, 3.05) is 13.2 Å². The van der Waals surface area contributed by atoms with Crippen molar-refractivity contribution in [3.63, 3.8) is 0 Å². The number of hydrogen-bond donors (Lipinski definition) is 2. The number of ether oxygens (including phenoxy) is 1. The minimum Gasteiger partial charge on any atom is -0.493 e. The number of para-hydroxylation sites is 1. The first-order chi connectivity index (χ1) is 8.46. The van der Waals surface area contributed by atoms with Crippen LogP contribution in [0.2, 0.25) is 0 Å². The van der Waals surface area contributed by atoms with Crippen LogP contribution < -0.4 is 10.5 Å². The topological polar surface area (TPSA) is 55.5 Å². The number of benzene rings is 1. The molecule has 0 spiro atoms. The zero-order chi connectivity index (χ0) is 13.6. The lowest BCUT2D eigenvalue weighted by molar-refractivity contribution is 0.188. The van der Waals surface area contributed by atoms with Gasteiger partial charge in [0.15, 0.2) is 0 Å². The number of hydrogen-bond acceptors (Lipinski definition) is 3. The summed E-state index contributed by atoms with van der Waals surface area (Å²) in [6.07, 6.45) is 1.60. The predicted octanol–water partition coefficient (Wildman–Crippen LogP) is 2.68. The molecule has 3 heteroatoms. The van der Waals surface area contributed by atoms with Gasteiger partial charge in [-0.1, -0.05) is 32.0 Å². The zero-order valence-electron chi connectivity index (χ0n) is 11.6. The second kappa shape index (κ2) is 6.76. The van der Waals surface area contributed by atoms with E-state index >= 15 is 0 Å². The van der Waals surface area contributed by atoms with E-state index in [-0.39, 0.29) is 6.61 Å². The smallest absolute Gasteiger partial charge is 0.122 e. The Labute approximate surface area is 110 Å². The summed E-state index contributed by atoms with van der Waals surface area (Å²) in [5.74, 6) is 1.41. The molecule has 102 valence electrons. The van der Waals surface area contributed by atoms with E-state index < -0.39 is 5.54 Å². The summed E-state index contributed by atoms with van der Waals surface area (Å²) < 4.78 is 5.80. The van der Waals surface area contributed by atoms with Gasteiger partial charge in [-0.05, 0) is 37.3 Å². The lowest BCUT2D eigenvalue weighted by Gasteiger charge is -2.21. The maximum Gasteiger partial charge on any atom is 0.122 e. The molecule has 0 aliphatic rings. The summed E-state index contributed by atoms with van der Waals surface area (Å²) in [5.41, 5.74) is 6.60. The van der Waals surface area contributed by atoms with E-state index in [0.29, 0.717) is 12.5 Å². The molecule has 1 atom stereocenters. The van der Waals surface area contributed by atoms with Crippen LogP contribution in [0.4, 0.5) is 0 Å². The highest BCUT2D eigenvalue weighted by Crippen LogP contribution is 2.26. The summed E-state index contributed by atoms with van der Waals surface area (Å²) in [6, 6.07) is 8.12. The molecule has 0 bridgehead atoms. The van der Waals surface area contributed by atoms with Crippen LogP contribution in [0.25, 0.3) is 0 Å². The quantitative estimate of drug-likeness (QED) is 0.733. The van der Waals surface area contributed by atoms with Crippen LogP contribution in [0.3, 0.4) is 0 Å². The molecule has 0 radical (unpaired) electrons. The normalized spacial score (nSPS) is 14.6. The maximum absolute atomic E-state index is 9.06. The van der Waals surface area contributed by atoms with Gasteiger partial charge in [0.1, 0.15) is 5.75 Å². The van der Waals surface area contributed by atoms with E-state index in [0.717, 1.165) is 18.6 Å². The highest BCUT2D eigenvalue weighted by Gasteiger charge is 2.16.